The SMILES string of the molecule is CCOC(=O)N1CCC2(CC1)CC(=O)C2. The Morgan fingerprint density at radius 2 is 2.00 bits per heavy atom. The zero-order valence-corrected chi connectivity index (χ0v) is 9.12. The summed E-state index contributed by atoms with van der Waals surface area (Å²) in [7, 11) is 0. The highest BCUT2D eigenvalue weighted by Gasteiger charge is 2.45. The van der Waals surface area contributed by atoms with E-state index in [0.29, 0.717) is 12.4 Å². The number of hydrogen-bond donors (Lipinski definition) is 0. The van der Waals surface area contributed by atoms with Crippen LogP contribution in [0.1, 0.15) is 32.6 Å². The van der Waals surface area contributed by atoms with Crippen LogP contribution in [-0.2, 0) is 9.53 Å². The molecule has 2 fully saturated rings. The Morgan fingerprint density at radius 3 is 2.47 bits per heavy atom. The first-order valence-electron chi connectivity index (χ1n) is 5.59. The van der Waals surface area contributed by atoms with Crippen LogP contribution in [-0.4, -0.2) is 36.5 Å². The number of piperidine rings is 1. The number of carbonyl (C=O) groups is 2. The second-order valence-corrected chi connectivity index (χ2v) is 4.58. The van der Waals surface area contributed by atoms with Crippen molar-refractivity contribution >= 4 is 11.9 Å². The van der Waals surface area contributed by atoms with Gasteiger partial charge in [-0.25, -0.2) is 4.79 Å². The molecular formula is C11H17NO3. The van der Waals surface area contributed by atoms with Gasteiger partial charge in [0.05, 0.1) is 6.61 Å². The number of nitrogens with zero attached hydrogens (tertiary/aromatic N) is 1. The number of hydrogen-bond acceptors (Lipinski definition) is 3. The summed E-state index contributed by atoms with van der Waals surface area (Å²) in [5, 5.41) is 0. The summed E-state index contributed by atoms with van der Waals surface area (Å²) in [5.41, 5.74) is 0.236. The van der Waals surface area contributed by atoms with E-state index >= 15 is 0 Å². The number of carbonyl (C=O) groups excluding carboxylic acids is 2. The highest BCUT2D eigenvalue weighted by atomic mass is 16.6. The zero-order chi connectivity index (χ0) is 10.9. The lowest BCUT2D eigenvalue weighted by atomic mass is 9.62. The molecule has 1 aliphatic carbocycles. The second-order valence-electron chi connectivity index (χ2n) is 4.58. The maximum absolute atomic E-state index is 11.4. The minimum atomic E-state index is -0.210. The van der Waals surface area contributed by atoms with Crippen molar-refractivity contribution < 1.29 is 14.3 Å². The average molecular weight is 211 g/mol. The predicted octanol–water partition coefficient (Wildman–Crippen LogP) is 1.59. The summed E-state index contributed by atoms with van der Waals surface area (Å²) in [6, 6.07) is 0. The van der Waals surface area contributed by atoms with Crippen LogP contribution < -0.4 is 0 Å². The van der Waals surface area contributed by atoms with E-state index in [1.807, 2.05) is 6.92 Å². The minimum absolute atomic E-state index is 0.210. The molecule has 1 saturated heterocycles. The Bertz CT molecular complexity index is 270. The van der Waals surface area contributed by atoms with Crippen molar-refractivity contribution in [1.82, 2.24) is 4.90 Å². The number of amides is 1. The smallest absolute Gasteiger partial charge is 0.409 e. The van der Waals surface area contributed by atoms with Crippen LogP contribution in [0.25, 0.3) is 0 Å². The molecule has 1 heterocycles. The van der Waals surface area contributed by atoms with Crippen molar-refractivity contribution in [2.24, 2.45) is 5.41 Å². The van der Waals surface area contributed by atoms with Crippen molar-refractivity contribution in [1.29, 1.82) is 0 Å². The fourth-order valence-electron chi connectivity index (χ4n) is 2.52. The quantitative estimate of drug-likeness (QED) is 0.661. The predicted molar refractivity (Wildman–Crippen MR) is 54.5 cm³/mol. The Hall–Kier alpha value is -1.06. The molecule has 1 spiro atoms. The first-order valence-corrected chi connectivity index (χ1v) is 5.59. The average Bonchev–Trinajstić information content (AvgIpc) is 2.17. The fraction of sp³-hybridized carbons (Fsp3) is 0.818. The Labute approximate surface area is 89.6 Å². The van der Waals surface area contributed by atoms with Gasteiger partial charge in [0.15, 0.2) is 0 Å². The molecule has 0 radical (unpaired) electrons. The molecule has 1 saturated carbocycles. The van der Waals surface area contributed by atoms with Crippen molar-refractivity contribution in [2.45, 2.75) is 32.6 Å². The summed E-state index contributed by atoms with van der Waals surface area (Å²) in [4.78, 5) is 24.1. The third-order valence-electron chi connectivity index (χ3n) is 3.49. The van der Waals surface area contributed by atoms with E-state index in [1.54, 1.807) is 4.90 Å². The van der Waals surface area contributed by atoms with E-state index in [4.69, 9.17) is 4.74 Å². The van der Waals surface area contributed by atoms with Crippen molar-refractivity contribution in [2.75, 3.05) is 19.7 Å². The van der Waals surface area contributed by atoms with Crippen LogP contribution in [0, 0.1) is 5.41 Å². The van der Waals surface area contributed by atoms with Gasteiger partial charge in [0, 0.05) is 25.9 Å². The van der Waals surface area contributed by atoms with Crippen LogP contribution in [0.15, 0.2) is 0 Å². The Kier molecular flexibility index (Phi) is 2.67. The molecule has 0 N–H and O–H groups in total. The third-order valence-corrected chi connectivity index (χ3v) is 3.49. The number of likely N-dealkylation sites (tertiary alicyclic amines) is 1. The van der Waals surface area contributed by atoms with Gasteiger partial charge in [-0.2, -0.15) is 0 Å². The molecule has 4 heteroatoms. The van der Waals surface area contributed by atoms with Gasteiger partial charge in [0.25, 0.3) is 0 Å². The molecule has 4 nitrogen and oxygen atoms in total. The van der Waals surface area contributed by atoms with E-state index in [0.717, 1.165) is 38.8 Å². The number of ketones is 1. The maximum atomic E-state index is 11.4. The van der Waals surface area contributed by atoms with Gasteiger partial charge in [-0.15, -0.1) is 0 Å². The molecule has 0 aromatic carbocycles. The molecule has 2 rings (SSSR count). The van der Waals surface area contributed by atoms with E-state index in [-0.39, 0.29) is 11.5 Å². The van der Waals surface area contributed by atoms with Gasteiger partial charge in [-0.3, -0.25) is 4.79 Å². The fourth-order valence-corrected chi connectivity index (χ4v) is 2.52. The minimum Gasteiger partial charge on any atom is -0.450 e. The summed E-state index contributed by atoms with van der Waals surface area (Å²) >= 11 is 0. The summed E-state index contributed by atoms with van der Waals surface area (Å²) in [5.74, 6) is 0.375. The lowest BCUT2D eigenvalue weighted by Gasteiger charge is -2.46. The molecule has 2 aliphatic rings. The molecule has 0 unspecified atom stereocenters. The van der Waals surface area contributed by atoms with Crippen LogP contribution in [0.2, 0.25) is 0 Å². The molecule has 0 bridgehead atoms. The third kappa shape index (κ3) is 1.98. The van der Waals surface area contributed by atoms with E-state index in [9.17, 15) is 9.59 Å². The second kappa shape index (κ2) is 3.83. The summed E-state index contributed by atoms with van der Waals surface area (Å²) in [6.45, 7) is 3.73. The molecule has 84 valence electrons. The highest BCUT2D eigenvalue weighted by molar-refractivity contribution is 5.86. The highest BCUT2D eigenvalue weighted by Crippen LogP contribution is 2.46. The summed E-state index contributed by atoms with van der Waals surface area (Å²) in [6.07, 6.45) is 3.15. The molecular weight excluding hydrogens is 194 g/mol. The summed E-state index contributed by atoms with van der Waals surface area (Å²) < 4.78 is 4.94. The zero-order valence-electron chi connectivity index (χ0n) is 9.12. The van der Waals surface area contributed by atoms with Gasteiger partial charge >= 0.3 is 6.09 Å². The van der Waals surface area contributed by atoms with Gasteiger partial charge in [0.1, 0.15) is 5.78 Å². The maximum Gasteiger partial charge on any atom is 0.409 e. The van der Waals surface area contributed by atoms with E-state index in [1.165, 1.54) is 0 Å². The first-order chi connectivity index (χ1) is 7.15. The van der Waals surface area contributed by atoms with Gasteiger partial charge < -0.3 is 9.64 Å². The van der Waals surface area contributed by atoms with Crippen molar-refractivity contribution in [3.8, 4) is 0 Å². The molecule has 0 aromatic heterocycles. The molecule has 1 amide bonds. The van der Waals surface area contributed by atoms with Gasteiger partial charge in [-0.05, 0) is 25.2 Å². The normalized spacial score (nSPS) is 23.8. The number of ether oxygens (including phenoxy) is 1. The monoisotopic (exact) mass is 211 g/mol. The molecule has 1 aliphatic heterocycles. The largest absolute Gasteiger partial charge is 0.450 e. The Balaban J connectivity index is 1.82. The Morgan fingerprint density at radius 1 is 1.40 bits per heavy atom. The number of rotatable bonds is 1. The van der Waals surface area contributed by atoms with Crippen molar-refractivity contribution in [3.63, 3.8) is 0 Å². The van der Waals surface area contributed by atoms with Crippen LogP contribution >= 0.6 is 0 Å². The van der Waals surface area contributed by atoms with E-state index < -0.39 is 0 Å². The number of Topliss-reactive ketones (excluding diaryl/α,β-unsaturated/α-hetero) is 1. The molecule has 15 heavy (non-hydrogen) atoms. The lowest BCUT2D eigenvalue weighted by Crippen LogP contribution is -2.49. The van der Waals surface area contributed by atoms with Gasteiger partial charge in [0.2, 0.25) is 0 Å². The first kappa shape index (κ1) is 10.5. The molecule has 0 aromatic rings. The standard InChI is InChI=1S/C11H17NO3/c1-2-15-10(14)12-5-3-11(4-6-12)7-9(13)8-11/h2-8H2,1H3. The van der Waals surface area contributed by atoms with Crippen molar-refractivity contribution in [3.05, 3.63) is 0 Å². The van der Waals surface area contributed by atoms with Gasteiger partial charge in [-0.1, -0.05) is 0 Å². The van der Waals surface area contributed by atoms with E-state index in [2.05, 4.69) is 0 Å². The van der Waals surface area contributed by atoms with Crippen LogP contribution in [0.3, 0.4) is 0 Å². The molecule has 0 atom stereocenters. The van der Waals surface area contributed by atoms with Crippen LogP contribution in [0.4, 0.5) is 4.79 Å². The lowest BCUT2D eigenvalue weighted by molar-refractivity contribution is -0.135. The topological polar surface area (TPSA) is 46.6 Å². The van der Waals surface area contributed by atoms with Crippen LogP contribution in [0.5, 0.6) is 0 Å².